The molecular formula is C24H28N2O3. The van der Waals surface area contributed by atoms with Gasteiger partial charge < -0.3 is 14.5 Å². The molecule has 5 nitrogen and oxygen atoms in total. The van der Waals surface area contributed by atoms with Crippen LogP contribution in [-0.2, 0) is 9.59 Å². The van der Waals surface area contributed by atoms with E-state index in [4.69, 9.17) is 4.74 Å². The number of likely N-dealkylation sites (tertiary alicyclic amines) is 2. The molecule has 2 saturated heterocycles. The fourth-order valence-electron chi connectivity index (χ4n) is 4.69. The molecule has 2 fully saturated rings. The normalized spacial score (nSPS) is 23.2. The average molecular weight is 392 g/mol. The van der Waals surface area contributed by atoms with Gasteiger partial charge in [0.2, 0.25) is 5.91 Å². The van der Waals surface area contributed by atoms with Gasteiger partial charge in [-0.1, -0.05) is 36.4 Å². The van der Waals surface area contributed by atoms with Crippen molar-refractivity contribution in [2.45, 2.75) is 26.8 Å². The minimum absolute atomic E-state index is 0.0128. The molecular weight excluding hydrogens is 364 g/mol. The van der Waals surface area contributed by atoms with Gasteiger partial charge in [0.25, 0.3) is 5.91 Å². The summed E-state index contributed by atoms with van der Waals surface area (Å²) in [6, 6.07) is 16.1. The maximum absolute atomic E-state index is 12.8. The second kappa shape index (κ2) is 7.90. The number of amides is 2. The maximum atomic E-state index is 12.8. The van der Waals surface area contributed by atoms with Gasteiger partial charge in [0.15, 0.2) is 6.61 Å². The number of benzene rings is 2. The van der Waals surface area contributed by atoms with Crippen LogP contribution in [0.2, 0.25) is 0 Å². The van der Waals surface area contributed by atoms with Gasteiger partial charge in [-0.05, 0) is 42.7 Å². The fourth-order valence-corrected chi connectivity index (χ4v) is 4.69. The van der Waals surface area contributed by atoms with E-state index >= 15 is 0 Å². The van der Waals surface area contributed by atoms with Gasteiger partial charge in [-0.3, -0.25) is 9.59 Å². The van der Waals surface area contributed by atoms with Gasteiger partial charge in [0, 0.05) is 38.4 Å². The van der Waals surface area contributed by atoms with Crippen LogP contribution in [0.15, 0.2) is 48.5 Å². The van der Waals surface area contributed by atoms with Crippen LogP contribution in [0.1, 0.15) is 29.7 Å². The van der Waals surface area contributed by atoms with Crippen molar-refractivity contribution in [1.82, 2.24) is 9.80 Å². The van der Waals surface area contributed by atoms with Gasteiger partial charge in [0.1, 0.15) is 5.75 Å². The number of hydrogen-bond donors (Lipinski definition) is 0. The standard InChI is InChI=1S/C24H28N2O3/c1-16-9-10-21(11-17(16)2)29-15-23(28)25-12-20-13-26(18(3)27)24(22(20)14-25)19-7-5-4-6-8-19/h4-11,20,22,24H,12-15H2,1-3H3/t20-,22-,24-/m1/s1. The van der Waals surface area contributed by atoms with Gasteiger partial charge in [-0.25, -0.2) is 0 Å². The first kappa shape index (κ1) is 19.5. The molecule has 2 heterocycles. The number of aryl methyl sites for hydroxylation is 2. The summed E-state index contributed by atoms with van der Waals surface area (Å²) >= 11 is 0. The predicted molar refractivity (Wildman–Crippen MR) is 112 cm³/mol. The molecule has 0 N–H and O–H groups in total. The minimum atomic E-state index is 0.0128. The zero-order valence-corrected chi connectivity index (χ0v) is 17.3. The van der Waals surface area contributed by atoms with Crippen molar-refractivity contribution < 1.29 is 14.3 Å². The second-order valence-corrected chi connectivity index (χ2v) is 8.28. The Labute approximate surface area is 172 Å². The Morgan fingerprint density at radius 2 is 1.76 bits per heavy atom. The van der Waals surface area contributed by atoms with E-state index in [0.29, 0.717) is 25.6 Å². The highest BCUT2D eigenvalue weighted by Crippen LogP contribution is 2.44. The summed E-state index contributed by atoms with van der Waals surface area (Å²) in [5.74, 6) is 1.43. The number of nitrogens with zero attached hydrogens (tertiary/aromatic N) is 2. The highest BCUT2D eigenvalue weighted by atomic mass is 16.5. The molecule has 4 rings (SSSR count). The van der Waals surface area contributed by atoms with Crippen molar-refractivity contribution in [3.63, 3.8) is 0 Å². The van der Waals surface area contributed by atoms with Gasteiger partial charge in [0.05, 0.1) is 6.04 Å². The third-order valence-electron chi connectivity index (χ3n) is 6.40. The second-order valence-electron chi connectivity index (χ2n) is 8.28. The Morgan fingerprint density at radius 3 is 2.45 bits per heavy atom. The summed E-state index contributed by atoms with van der Waals surface area (Å²) in [6.07, 6.45) is 0. The van der Waals surface area contributed by atoms with Crippen molar-refractivity contribution in [3.8, 4) is 5.75 Å². The van der Waals surface area contributed by atoms with Gasteiger partial charge in [-0.2, -0.15) is 0 Å². The van der Waals surface area contributed by atoms with Crippen molar-refractivity contribution in [1.29, 1.82) is 0 Å². The van der Waals surface area contributed by atoms with Crippen LogP contribution in [-0.4, -0.2) is 47.9 Å². The lowest BCUT2D eigenvalue weighted by Crippen LogP contribution is -2.38. The molecule has 0 radical (unpaired) electrons. The number of hydrogen-bond acceptors (Lipinski definition) is 3. The van der Waals surface area contributed by atoms with E-state index < -0.39 is 0 Å². The lowest BCUT2D eigenvalue weighted by molar-refractivity contribution is -0.133. The Kier molecular flexibility index (Phi) is 5.31. The molecule has 2 aliphatic rings. The molecule has 0 aliphatic carbocycles. The third-order valence-corrected chi connectivity index (χ3v) is 6.40. The summed E-state index contributed by atoms with van der Waals surface area (Å²) in [7, 11) is 0. The molecule has 0 aromatic heterocycles. The molecule has 2 aromatic rings. The van der Waals surface area contributed by atoms with E-state index in [0.717, 1.165) is 16.9 Å². The summed E-state index contributed by atoms with van der Waals surface area (Å²) < 4.78 is 5.75. The van der Waals surface area contributed by atoms with E-state index in [2.05, 4.69) is 19.1 Å². The van der Waals surface area contributed by atoms with Crippen LogP contribution in [0.4, 0.5) is 0 Å². The highest BCUT2D eigenvalue weighted by molar-refractivity contribution is 5.78. The van der Waals surface area contributed by atoms with E-state index in [-0.39, 0.29) is 30.4 Å². The first-order valence-electron chi connectivity index (χ1n) is 10.2. The van der Waals surface area contributed by atoms with Crippen LogP contribution >= 0.6 is 0 Å². The quantitative estimate of drug-likeness (QED) is 0.802. The molecule has 3 atom stereocenters. The number of carbonyl (C=O) groups is 2. The van der Waals surface area contributed by atoms with E-state index in [1.54, 1.807) is 6.92 Å². The zero-order chi connectivity index (χ0) is 20.5. The number of rotatable bonds is 4. The van der Waals surface area contributed by atoms with Crippen LogP contribution in [0.25, 0.3) is 0 Å². The van der Waals surface area contributed by atoms with Crippen molar-refractivity contribution in [2.75, 3.05) is 26.2 Å². The Morgan fingerprint density at radius 1 is 1.00 bits per heavy atom. The molecule has 0 spiro atoms. The Hall–Kier alpha value is -2.82. The average Bonchev–Trinajstić information content (AvgIpc) is 3.27. The van der Waals surface area contributed by atoms with Gasteiger partial charge in [-0.15, -0.1) is 0 Å². The maximum Gasteiger partial charge on any atom is 0.260 e. The largest absolute Gasteiger partial charge is 0.484 e. The molecule has 152 valence electrons. The zero-order valence-electron chi connectivity index (χ0n) is 17.3. The summed E-state index contributed by atoms with van der Waals surface area (Å²) in [4.78, 5) is 28.9. The van der Waals surface area contributed by atoms with E-state index in [1.165, 1.54) is 5.56 Å². The Bertz CT molecular complexity index is 912. The van der Waals surface area contributed by atoms with Crippen LogP contribution in [0, 0.1) is 25.7 Å². The van der Waals surface area contributed by atoms with Crippen LogP contribution < -0.4 is 4.74 Å². The molecule has 0 saturated carbocycles. The van der Waals surface area contributed by atoms with E-state index in [9.17, 15) is 9.59 Å². The topological polar surface area (TPSA) is 49.9 Å². The molecule has 0 unspecified atom stereocenters. The lowest BCUT2D eigenvalue weighted by Gasteiger charge is -2.29. The molecule has 2 aromatic carbocycles. The predicted octanol–water partition coefficient (Wildman–Crippen LogP) is 3.36. The summed E-state index contributed by atoms with van der Waals surface area (Å²) in [5, 5.41) is 0. The van der Waals surface area contributed by atoms with Crippen molar-refractivity contribution in [2.24, 2.45) is 11.8 Å². The van der Waals surface area contributed by atoms with Crippen LogP contribution in [0.3, 0.4) is 0 Å². The summed E-state index contributed by atoms with van der Waals surface area (Å²) in [5.41, 5.74) is 3.51. The molecule has 5 heteroatoms. The monoisotopic (exact) mass is 392 g/mol. The van der Waals surface area contributed by atoms with Gasteiger partial charge >= 0.3 is 0 Å². The van der Waals surface area contributed by atoms with Crippen molar-refractivity contribution in [3.05, 3.63) is 65.2 Å². The first-order valence-corrected chi connectivity index (χ1v) is 10.2. The number of ether oxygens (including phenoxy) is 1. The number of carbonyl (C=O) groups excluding carboxylic acids is 2. The lowest BCUT2D eigenvalue weighted by atomic mass is 9.89. The van der Waals surface area contributed by atoms with Crippen LogP contribution in [0.5, 0.6) is 5.75 Å². The molecule has 29 heavy (non-hydrogen) atoms. The van der Waals surface area contributed by atoms with Crippen molar-refractivity contribution >= 4 is 11.8 Å². The summed E-state index contributed by atoms with van der Waals surface area (Å²) in [6.45, 7) is 7.85. The smallest absolute Gasteiger partial charge is 0.260 e. The number of fused-ring (bicyclic) bond motifs is 1. The SMILES string of the molecule is CC(=O)N1C[C@H]2CN(C(=O)COc3ccc(C)c(C)c3)C[C@H]2[C@H]1c1ccccc1. The molecule has 0 bridgehead atoms. The fraction of sp³-hybridized carbons (Fsp3) is 0.417. The molecule has 2 amide bonds. The highest BCUT2D eigenvalue weighted by Gasteiger charge is 2.49. The first-order chi connectivity index (χ1) is 13.9. The minimum Gasteiger partial charge on any atom is -0.484 e. The Balaban J connectivity index is 1.43. The molecule has 2 aliphatic heterocycles. The third kappa shape index (κ3) is 3.86. The van der Waals surface area contributed by atoms with E-state index in [1.807, 2.05) is 53.1 Å².